The van der Waals surface area contributed by atoms with Gasteiger partial charge >= 0.3 is 0 Å². The summed E-state index contributed by atoms with van der Waals surface area (Å²) in [6.45, 7) is 2.52. The monoisotopic (exact) mass is 442 g/mol. The third-order valence-corrected chi connectivity index (χ3v) is 7.43. The fourth-order valence-corrected chi connectivity index (χ4v) is 5.92. The molecule has 1 amide bonds. The van der Waals surface area contributed by atoms with Gasteiger partial charge in [0.2, 0.25) is 0 Å². The second-order valence-corrected chi connectivity index (χ2v) is 9.63. The summed E-state index contributed by atoms with van der Waals surface area (Å²) in [5, 5.41) is 0.925. The van der Waals surface area contributed by atoms with Crippen LogP contribution in [-0.2, 0) is 4.79 Å². The van der Waals surface area contributed by atoms with E-state index in [2.05, 4.69) is 0 Å². The van der Waals surface area contributed by atoms with Gasteiger partial charge in [0.05, 0.1) is 24.7 Å². The maximum Gasteiger partial charge on any atom is 0.266 e. The molecule has 0 N–H and O–H groups in total. The largest absolute Gasteiger partial charge is 0.493 e. The van der Waals surface area contributed by atoms with E-state index in [1.807, 2.05) is 36.1 Å². The van der Waals surface area contributed by atoms with Gasteiger partial charge in [-0.2, -0.15) is 0 Å². The molecule has 3 aliphatic rings. The number of hydrogen-bond donors (Lipinski definition) is 0. The average molecular weight is 443 g/mol. The van der Waals surface area contributed by atoms with Gasteiger partial charge in [-0.15, -0.1) is 0 Å². The van der Waals surface area contributed by atoms with Gasteiger partial charge in [0.25, 0.3) is 5.91 Å². The van der Waals surface area contributed by atoms with Crippen LogP contribution in [0, 0.1) is 0 Å². The van der Waals surface area contributed by atoms with Crippen LogP contribution in [0.3, 0.4) is 0 Å². The lowest BCUT2D eigenvalue weighted by molar-refractivity contribution is -0.124. The van der Waals surface area contributed by atoms with Crippen molar-refractivity contribution in [2.45, 2.75) is 83.2 Å². The van der Waals surface area contributed by atoms with Crippen LogP contribution in [0.5, 0.6) is 11.5 Å². The van der Waals surface area contributed by atoms with Gasteiger partial charge in [-0.25, -0.2) is 0 Å². The molecule has 168 valence electrons. The fourth-order valence-electron chi connectivity index (χ4n) is 4.81. The summed E-state index contributed by atoms with van der Waals surface area (Å²) >= 11 is 1.55. The number of nitrogens with zero attached hydrogens (tertiary/aromatic N) is 2. The number of carbonyl (C=O) groups is 1. The van der Waals surface area contributed by atoms with E-state index in [-0.39, 0.29) is 11.9 Å². The molecule has 1 aromatic rings. The summed E-state index contributed by atoms with van der Waals surface area (Å²) in [4.78, 5) is 21.4. The third kappa shape index (κ3) is 5.28. The molecule has 3 fully saturated rings. The minimum Gasteiger partial charge on any atom is -0.493 e. The van der Waals surface area contributed by atoms with E-state index in [1.54, 1.807) is 18.9 Å². The highest BCUT2D eigenvalue weighted by Crippen LogP contribution is 2.39. The first kappa shape index (κ1) is 22.3. The Kier molecular flexibility index (Phi) is 7.59. The van der Waals surface area contributed by atoms with Crippen molar-refractivity contribution >= 4 is 28.9 Å². The van der Waals surface area contributed by atoms with E-state index >= 15 is 0 Å². The molecule has 31 heavy (non-hydrogen) atoms. The van der Waals surface area contributed by atoms with Gasteiger partial charge in [0.1, 0.15) is 0 Å². The molecule has 4 rings (SSSR count). The molecule has 1 saturated heterocycles. The Morgan fingerprint density at radius 3 is 2.45 bits per heavy atom. The smallest absolute Gasteiger partial charge is 0.266 e. The lowest BCUT2D eigenvalue weighted by Crippen LogP contribution is -2.41. The van der Waals surface area contributed by atoms with Crippen LogP contribution in [0.4, 0.5) is 0 Å². The van der Waals surface area contributed by atoms with Gasteiger partial charge in [-0.05, 0) is 68.1 Å². The van der Waals surface area contributed by atoms with Gasteiger partial charge < -0.3 is 9.47 Å². The number of hydrogen-bond acceptors (Lipinski definition) is 5. The zero-order valence-electron chi connectivity index (χ0n) is 18.8. The number of benzene rings is 1. The first-order valence-electron chi connectivity index (χ1n) is 11.8. The SMILES string of the molecule is CCOc1cc(C=C2SC(=NC3CCCCC3)N(C3CCCCC3)C2=O)ccc1OC. The average Bonchev–Trinajstić information content (AvgIpc) is 3.10. The minimum atomic E-state index is 0.111. The Balaban J connectivity index is 1.63. The van der Waals surface area contributed by atoms with Gasteiger partial charge in [0, 0.05) is 6.04 Å². The zero-order valence-corrected chi connectivity index (χ0v) is 19.6. The van der Waals surface area contributed by atoms with Crippen LogP contribution in [-0.4, -0.2) is 41.8 Å². The van der Waals surface area contributed by atoms with Crippen molar-refractivity contribution < 1.29 is 14.3 Å². The minimum absolute atomic E-state index is 0.111. The maximum atomic E-state index is 13.5. The van der Waals surface area contributed by atoms with Gasteiger partial charge in [0.15, 0.2) is 16.7 Å². The molecule has 2 saturated carbocycles. The van der Waals surface area contributed by atoms with Crippen LogP contribution in [0.15, 0.2) is 28.1 Å². The van der Waals surface area contributed by atoms with Crippen LogP contribution >= 0.6 is 11.8 Å². The Hall–Kier alpha value is -1.95. The van der Waals surface area contributed by atoms with Crippen LogP contribution in [0.1, 0.15) is 76.7 Å². The maximum absolute atomic E-state index is 13.5. The van der Waals surface area contributed by atoms with Crippen molar-refractivity contribution in [3.8, 4) is 11.5 Å². The molecule has 0 spiro atoms. The molecule has 0 bridgehead atoms. The number of aliphatic imine (C=N–C) groups is 1. The molecule has 0 aromatic heterocycles. The van der Waals surface area contributed by atoms with Crippen LogP contribution in [0.25, 0.3) is 6.08 Å². The van der Waals surface area contributed by atoms with Crippen LogP contribution < -0.4 is 9.47 Å². The lowest BCUT2D eigenvalue weighted by Gasteiger charge is -2.31. The number of thioether (sulfide) groups is 1. The van der Waals surface area contributed by atoms with Gasteiger partial charge in [-0.1, -0.05) is 44.6 Å². The highest BCUT2D eigenvalue weighted by Gasteiger charge is 2.39. The highest BCUT2D eigenvalue weighted by molar-refractivity contribution is 8.18. The van der Waals surface area contributed by atoms with Crippen LogP contribution in [0.2, 0.25) is 0 Å². The van der Waals surface area contributed by atoms with Gasteiger partial charge in [-0.3, -0.25) is 14.7 Å². The summed E-state index contributed by atoms with van der Waals surface area (Å²) in [5.74, 6) is 1.52. The molecule has 5 nitrogen and oxygen atoms in total. The molecule has 1 aromatic carbocycles. The molecular weight excluding hydrogens is 408 g/mol. The lowest BCUT2D eigenvalue weighted by atomic mass is 9.94. The zero-order chi connectivity index (χ0) is 21.6. The quantitative estimate of drug-likeness (QED) is 0.505. The van der Waals surface area contributed by atoms with Crippen molar-refractivity contribution in [1.82, 2.24) is 4.90 Å². The van der Waals surface area contributed by atoms with Crippen molar-refractivity contribution in [3.63, 3.8) is 0 Å². The summed E-state index contributed by atoms with van der Waals surface area (Å²) in [7, 11) is 1.64. The summed E-state index contributed by atoms with van der Waals surface area (Å²) in [5.41, 5.74) is 0.947. The second kappa shape index (κ2) is 10.6. The molecule has 0 atom stereocenters. The number of carbonyl (C=O) groups excluding carboxylic acids is 1. The second-order valence-electron chi connectivity index (χ2n) is 8.62. The Morgan fingerprint density at radius 2 is 1.77 bits per heavy atom. The van der Waals surface area contributed by atoms with E-state index in [0.717, 1.165) is 41.3 Å². The third-order valence-electron chi connectivity index (χ3n) is 6.43. The molecule has 1 heterocycles. The van der Waals surface area contributed by atoms with Crippen molar-refractivity contribution in [1.29, 1.82) is 0 Å². The number of ether oxygens (including phenoxy) is 2. The number of amidine groups is 1. The Labute approximate surface area is 190 Å². The highest BCUT2D eigenvalue weighted by atomic mass is 32.2. The van der Waals surface area contributed by atoms with Crippen molar-refractivity contribution in [2.75, 3.05) is 13.7 Å². The molecule has 0 unspecified atom stereocenters. The molecule has 1 aliphatic heterocycles. The molecule has 2 aliphatic carbocycles. The molecule has 6 heteroatoms. The first-order chi connectivity index (χ1) is 15.2. The normalized spacial score (nSPS) is 23.7. The number of amides is 1. The predicted octanol–water partition coefficient (Wildman–Crippen LogP) is 6.03. The Bertz CT molecular complexity index is 839. The summed E-state index contributed by atoms with van der Waals surface area (Å²) < 4.78 is 11.1. The topological polar surface area (TPSA) is 51.1 Å². The molecular formula is C25H34N2O3S. The van der Waals surface area contributed by atoms with Crippen molar-refractivity contribution in [2.24, 2.45) is 4.99 Å². The standard InChI is InChI=1S/C25H34N2O3S/c1-3-30-22-16-18(14-15-21(22)29-2)17-23-24(28)27(20-12-8-5-9-13-20)25(31-23)26-19-10-6-4-7-11-19/h14-17,19-20H,3-13H2,1-2H3. The van der Waals surface area contributed by atoms with Crippen molar-refractivity contribution in [3.05, 3.63) is 28.7 Å². The Morgan fingerprint density at radius 1 is 1.06 bits per heavy atom. The number of methoxy groups -OCH3 is 1. The summed E-state index contributed by atoms with van der Waals surface area (Å²) in [6.07, 6.45) is 13.9. The fraction of sp³-hybridized carbons (Fsp3) is 0.600. The van der Waals surface area contributed by atoms with E-state index in [0.29, 0.717) is 24.1 Å². The van der Waals surface area contributed by atoms with E-state index in [4.69, 9.17) is 14.5 Å². The van der Waals surface area contributed by atoms with E-state index in [9.17, 15) is 4.79 Å². The first-order valence-corrected chi connectivity index (χ1v) is 12.6. The predicted molar refractivity (Wildman–Crippen MR) is 128 cm³/mol. The summed E-state index contributed by atoms with van der Waals surface area (Å²) in [6, 6.07) is 6.47. The van der Waals surface area contributed by atoms with E-state index in [1.165, 1.54) is 38.5 Å². The number of rotatable bonds is 6. The van der Waals surface area contributed by atoms with E-state index < -0.39 is 0 Å². The molecule has 0 radical (unpaired) electrons.